The Morgan fingerprint density at radius 1 is 1.23 bits per heavy atom. The van der Waals surface area contributed by atoms with E-state index in [4.69, 9.17) is 14.2 Å². The number of carbonyl (C=O) groups excluding carboxylic acids is 1. The van der Waals surface area contributed by atoms with Crippen molar-refractivity contribution in [1.82, 2.24) is 5.32 Å². The molecule has 0 fully saturated rings. The average Bonchev–Trinajstić information content (AvgIpc) is 2.11. The molecule has 5 nitrogen and oxygen atoms in total. The molecule has 0 aromatic carbocycles. The molecule has 0 aromatic heterocycles. The molecule has 0 atom stereocenters. The van der Waals surface area contributed by atoms with Gasteiger partial charge in [0.2, 0.25) is 0 Å². The third kappa shape index (κ3) is 9.26. The average molecular weight is 191 g/mol. The normalized spacial score (nSPS) is 10.0. The van der Waals surface area contributed by atoms with Gasteiger partial charge in [0.1, 0.15) is 6.61 Å². The number of ether oxygens (including phenoxy) is 3. The molecule has 0 radical (unpaired) electrons. The standard InChI is InChI=1S/C8H17NO4/c1-9-7-8(10)13-6-5-12-4-3-11-2/h9H,3-7H2,1-2H3. The van der Waals surface area contributed by atoms with Gasteiger partial charge in [-0.05, 0) is 7.05 Å². The van der Waals surface area contributed by atoms with Crippen molar-refractivity contribution in [2.45, 2.75) is 0 Å². The van der Waals surface area contributed by atoms with Gasteiger partial charge in [-0.3, -0.25) is 4.79 Å². The predicted octanol–water partition coefficient (Wildman–Crippen LogP) is -0.588. The lowest BCUT2D eigenvalue weighted by Crippen LogP contribution is -2.22. The molecule has 0 unspecified atom stereocenters. The molecule has 0 aromatic rings. The van der Waals surface area contributed by atoms with Gasteiger partial charge >= 0.3 is 5.97 Å². The molecule has 0 aliphatic carbocycles. The minimum absolute atomic E-state index is 0.234. The van der Waals surface area contributed by atoms with E-state index >= 15 is 0 Å². The third-order valence-corrected chi connectivity index (χ3v) is 1.24. The summed E-state index contributed by atoms with van der Waals surface area (Å²) in [5, 5.41) is 2.69. The highest BCUT2D eigenvalue weighted by atomic mass is 16.6. The minimum Gasteiger partial charge on any atom is -0.462 e. The van der Waals surface area contributed by atoms with Gasteiger partial charge in [-0.2, -0.15) is 0 Å². The van der Waals surface area contributed by atoms with Crippen LogP contribution in [0.3, 0.4) is 0 Å². The van der Waals surface area contributed by atoms with E-state index < -0.39 is 0 Å². The first-order valence-corrected chi connectivity index (χ1v) is 4.18. The van der Waals surface area contributed by atoms with Crippen LogP contribution < -0.4 is 5.32 Å². The smallest absolute Gasteiger partial charge is 0.319 e. The van der Waals surface area contributed by atoms with Gasteiger partial charge in [0.15, 0.2) is 0 Å². The molecule has 13 heavy (non-hydrogen) atoms. The van der Waals surface area contributed by atoms with Gasteiger partial charge in [0.05, 0.1) is 26.4 Å². The van der Waals surface area contributed by atoms with Crippen molar-refractivity contribution in [2.24, 2.45) is 0 Å². The molecule has 0 heterocycles. The lowest BCUT2D eigenvalue weighted by molar-refractivity contribution is -0.144. The summed E-state index contributed by atoms with van der Waals surface area (Å²) in [6.07, 6.45) is 0. The largest absolute Gasteiger partial charge is 0.462 e. The SMILES string of the molecule is CNCC(=O)OCCOCCOC. The van der Waals surface area contributed by atoms with Gasteiger partial charge in [-0.25, -0.2) is 0 Å². The van der Waals surface area contributed by atoms with Crippen LogP contribution >= 0.6 is 0 Å². The molecule has 0 bridgehead atoms. The monoisotopic (exact) mass is 191 g/mol. The maximum Gasteiger partial charge on any atom is 0.319 e. The van der Waals surface area contributed by atoms with E-state index in [2.05, 4.69) is 5.32 Å². The first kappa shape index (κ1) is 12.3. The Balaban J connectivity index is 3.02. The lowest BCUT2D eigenvalue weighted by atomic mass is 10.6. The molecule has 0 rings (SSSR count). The summed E-state index contributed by atoms with van der Waals surface area (Å²) in [6.45, 7) is 2.03. The van der Waals surface area contributed by atoms with E-state index in [1.165, 1.54) is 0 Å². The van der Waals surface area contributed by atoms with Crippen LogP contribution in [0.15, 0.2) is 0 Å². The maximum atomic E-state index is 10.8. The second kappa shape index (κ2) is 9.44. The number of hydrogen-bond acceptors (Lipinski definition) is 5. The minimum atomic E-state index is -0.266. The Morgan fingerprint density at radius 2 is 1.92 bits per heavy atom. The Labute approximate surface area is 78.3 Å². The number of esters is 1. The van der Waals surface area contributed by atoms with Crippen LogP contribution in [0.4, 0.5) is 0 Å². The van der Waals surface area contributed by atoms with Crippen LogP contribution in [-0.4, -0.2) is 53.1 Å². The summed E-state index contributed by atoms with van der Waals surface area (Å²) in [6, 6.07) is 0. The Morgan fingerprint density at radius 3 is 2.54 bits per heavy atom. The highest BCUT2D eigenvalue weighted by molar-refractivity contribution is 5.71. The van der Waals surface area contributed by atoms with Gasteiger partial charge in [-0.1, -0.05) is 0 Å². The highest BCUT2D eigenvalue weighted by Crippen LogP contribution is 1.80. The zero-order chi connectivity index (χ0) is 9.94. The van der Waals surface area contributed by atoms with Crippen LogP contribution in [0.2, 0.25) is 0 Å². The van der Waals surface area contributed by atoms with E-state index in [0.717, 1.165) is 0 Å². The summed E-state index contributed by atoms with van der Waals surface area (Å²) in [4.78, 5) is 10.8. The van der Waals surface area contributed by atoms with E-state index in [9.17, 15) is 4.79 Å². The maximum absolute atomic E-state index is 10.8. The fraction of sp³-hybridized carbons (Fsp3) is 0.875. The summed E-state index contributed by atoms with van der Waals surface area (Å²) in [5.74, 6) is -0.266. The van der Waals surface area contributed by atoms with Crippen molar-refractivity contribution in [2.75, 3.05) is 47.1 Å². The number of carbonyl (C=O) groups is 1. The van der Waals surface area contributed by atoms with Crippen LogP contribution in [0.5, 0.6) is 0 Å². The summed E-state index contributed by atoms with van der Waals surface area (Å²) in [5.41, 5.74) is 0. The topological polar surface area (TPSA) is 56.8 Å². The number of rotatable bonds is 8. The van der Waals surface area contributed by atoms with Crippen molar-refractivity contribution in [3.8, 4) is 0 Å². The second-order valence-corrected chi connectivity index (χ2v) is 2.36. The van der Waals surface area contributed by atoms with Crippen molar-refractivity contribution in [1.29, 1.82) is 0 Å². The van der Waals surface area contributed by atoms with Crippen molar-refractivity contribution in [3.05, 3.63) is 0 Å². The molecule has 0 saturated heterocycles. The van der Waals surface area contributed by atoms with Gasteiger partial charge < -0.3 is 19.5 Å². The molecule has 0 aliphatic heterocycles. The first-order chi connectivity index (χ1) is 6.31. The van der Waals surface area contributed by atoms with E-state index in [-0.39, 0.29) is 12.5 Å². The number of likely N-dealkylation sites (N-methyl/N-ethyl adjacent to an activating group) is 1. The van der Waals surface area contributed by atoms with Crippen LogP contribution in [-0.2, 0) is 19.0 Å². The lowest BCUT2D eigenvalue weighted by Gasteiger charge is -2.04. The predicted molar refractivity (Wildman–Crippen MR) is 47.6 cm³/mol. The molecule has 1 N–H and O–H groups in total. The first-order valence-electron chi connectivity index (χ1n) is 4.18. The Kier molecular flexibility index (Phi) is 8.97. The summed E-state index contributed by atoms with van der Waals surface area (Å²) >= 11 is 0. The van der Waals surface area contributed by atoms with Gasteiger partial charge in [0.25, 0.3) is 0 Å². The van der Waals surface area contributed by atoms with Crippen molar-refractivity contribution >= 4 is 5.97 Å². The van der Waals surface area contributed by atoms with Gasteiger partial charge in [0, 0.05) is 7.11 Å². The molecule has 0 aliphatic rings. The van der Waals surface area contributed by atoms with Crippen LogP contribution in [0.1, 0.15) is 0 Å². The number of nitrogens with one attached hydrogen (secondary N) is 1. The number of hydrogen-bond donors (Lipinski definition) is 1. The quantitative estimate of drug-likeness (QED) is 0.410. The fourth-order valence-corrected chi connectivity index (χ4v) is 0.654. The van der Waals surface area contributed by atoms with Crippen molar-refractivity contribution in [3.63, 3.8) is 0 Å². The molecular formula is C8H17NO4. The summed E-state index contributed by atoms with van der Waals surface area (Å²) < 4.78 is 14.6. The van der Waals surface area contributed by atoms with Gasteiger partial charge in [-0.15, -0.1) is 0 Å². The summed E-state index contributed by atoms with van der Waals surface area (Å²) in [7, 11) is 3.30. The zero-order valence-corrected chi connectivity index (χ0v) is 8.17. The molecule has 0 saturated carbocycles. The molecular weight excluding hydrogens is 174 g/mol. The Bertz CT molecular complexity index is 129. The molecule has 0 spiro atoms. The molecule has 0 amide bonds. The van der Waals surface area contributed by atoms with E-state index in [1.807, 2.05) is 0 Å². The third-order valence-electron chi connectivity index (χ3n) is 1.24. The zero-order valence-electron chi connectivity index (χ0n) is 8.17. The Hall–Kier alpha value is -0.650. The van der Waals surface area contributed by atoms with E-state index in [0.29, 0.717) is 26.4 Å². The van der Waals surface area contributed by atoms with Crippen LogP contribution in [0.25, 0.3) is 0 Å². The second-order valence-electron chi connectivity index (χ2n) is 2.36. The fourth-order valence-electron chi connectivity index (χ4n) is 0.654. The van der Waals surface area contributed by atoms with Crippen molar-refractivity contribution < 1.29 is 19.0 Å². The molecule has 5 heteroatoms. The highest BCUT2D eigenvalue weighted by Gasteiger charge is 1.98. The van der Waals surface area contributed by atoms with Crippen LogP contribution in [0, 0.1) is 0 Å². The number of methoxy groups -OCH3 is 1. The van der Waals surface area contributed by atoms with E-state index in [1.54, 1.807) is 14.2 Å². The molecule has 78 valence electrons.